The highest BCUT2D eigenvalue weighted by Crippen LogP contribution is 2.52. The lowest BCUT2D eigenvalue weighted by atomic mass is 9.97. The first-order chi connectivity index (χ1) is 15.8. The number of aromatic amines is 1. The molecular weight excluding hydrogens is 467 g/mol. The number of aryl methyl sites for hydroxylation is 1. The summed E-state index contributed by atoms with van der Waals surface area (Å²) in [6, 6.07) is 12.0. The molecule has 1 N–H and O–H groups in total. The fraction of sp³-hybridized carbons (Fsp3) is 0.217. The molecule has 0 fully saturated rings. The van der Waals surface area contributed by atoms with E-state index in [9.17, 15) is 35.5 Å². The van der Waals surface area contributed by atoms with Gasteiger partial charge >= 0.3 is 18.0 Å². The Morgan fingerprint density at radius 1 is 0.912 bits per heavy atom. The van der Waals surface area contributed by atoms with Gasteiger partial charge in [-0.05, 0) is 37.6 Å². The number of rotatable bonds is 4. The van der Waals surface area contributed by atoms with E-state index < -0.39 is 34.8 Å². The lowest BCUT2D eigenvalue weighted by Crippen LogP contribution is -2.50. The predicted molar refractivity (Wildman–Crippen MR) is 113 cm³/mol. The first kappa shape index (κ1) is 23.5. The molecule has 1 aliphatic rings. The molecule has 0 unspecified atom stereocenters. The van der Waals surface area contributed by atoms with Gasteiger partial charge in [0.2, 0.25) is 0 Å². The maximum Gasteiger partial charge on any atom is 0.460 e. The van der Waals surface area contributed by atoms with Gasteiger partial charge in [0.25, 0.3) is 5.56 Å². The van der Waals surface area contributed by atoms with Gasteiger partial charge in [-0.2, -0.15) is 30.7 Å². The summed E-state index contributed by atoms with van der Waals surface area (Å²) in [4.78, 5) is 17.4. The Kier molecular flexibility index (Phi) is 5.34. The van der Waals surface area contributed by atoms with Crippen molar-refractivity contribution in [3.05, 3.63) is 81.3 Å². The highest BCUT2D eigenvalue weighted by Gasteiger charge is 2.74. The van der Waals surface area contributed by atoms with E-state index in [1.54, 1.807) is 36.3 Å². The van der Waals surface area contributed by atoms with Crippen molar-refractivity contribution in [2.75, 3.05) is 0 Å². The lowest BCUT2D eigenvalue weighted by Gasteiger charge is -2.27. The number of benzene rings is 2. The molecule has 34 heavy (non-hydrogen) atoms. The van der Waals surface area contributed by atoms with E-state index >= 15 is 0 Å². The Morgan fingerprint density at radius 2 is 1.56 bits per heavy atom. The minimum absolute atomic E-state index is 0.0300. The summed E-state index contributed by atoms with van der Waals surface area (Å²) in [5, 5.41) is 1.80. The average molecular weight is 483 g/mol. The molecule has 0 bridgehead atoms. The Balaban J connectivity index is 2.02. The largest absolute Gasteiger partial charge is 0.460 e. The summed E-state index contributed by atoms with van der Waals surface area (Å²) in [5.74, 6) is -12.2. The van der Waals surface area contributed by atoms with Gasteiger partial charge in [0.05, 0.1) is 16.9 Å². The van der Waals surface area contributed by atoms with Gasteiger partial charge in [0.15, 0.2) is 0 Å². The van der Waals surface area contributed by atoms with Crippen LogP contribution >= 0.6 is 0 Å². The molecule has 3 aromatic rings. The molecule has 178 valence electrons. The van der Waals surface area contributed by atoms with E-state index in [1.807, 2.05) is 0 Å². The van der Waals surface area contributed by atoms with Gasteiger partial charge in [-0.15, -0.1) is 0 Å². The molecule has 11 heteroatoms. The van der Waals surface area contributed by atoms with Crippen LogP contribution in [0.5, 0.6) is 0 Å². The van der Waals surface area contributed by atoms with Crippen molar-refractivity contribution in [2.24, 2.45) is 4.99 Å². The summed E-state index contributed by atoms with van der Waals surface area (Å²) >= 11 is 0. The number of aliphatic imine (C=N–C) groups is 1. The fourth-order valence-corrected chi connectivity index (χ4v) is 3.69. The number of alkyl halides is 7. The van der Waals surface area contributed by atoms with Crippen molar-refractivity contribution in [3.63, 3.8) is 0 Å². The van der Waals surface area contributed by atoms with Crippen molar-refractivity contribution in [1.29, 1.82) is 0 Å². The van der Waals surface area contributed by atoms with Crippen LogP contribution in [0.2, 0.25) is 0 Å². The third-order valence-electron chi connectivity index (χ3n) is 5.49. The van der Waals surface area contributed by atoms with E-state index in [2.05, 4.69) is 4.99 Å². The zero-order chi connectivity index (χ0) is 25.1. The Morgan fingerprint density at radius 3 is 2.18 bits per heavy atom. The van der Waals surface area contributed by atoms with Crippen LogP contribution in [0, 0.1) is 6.92 Å². The van der Waals surface area contributed by atoms with Crippen molar-refractivity contribution in [1.82, 2.24) is 9.78 Å². The first-order valence-electron chi connectivity index (χ1n) is 9.88. The van der Waals surface area contributed by atoms with Crippen LogP contribution in [0.25, 0.3) is 17.3 Å². The van der Waals surface area contributed by atoms with Crippen LogP contribution in [0.3, 0.4) is 0 Å². The van der Waals surface area contributed by atoms with Crippen LogP contribution in [-0.2, 0) is 5.92 Å². The molecule has 1 aromatic heterocycles. The highest BCUT2D eigenvalue weighted by molar-refractivity contribution is 6.31. The van der Waals surface area contributed by atoms with Crippen LogP contribution < -0.4 is 5.56 Å². The minimum Gasteiger partial charge on any atom is -0.288 e. The molecule has 0 amide bonds. The Hall–Kier alpha value is -3.63. The van der Waals surface area contributed by atoms with Gasteiger partial charge in [-0.3, -0.25) is 14.9 Å². The van der Waals surface area contributed by atoms with E-state index in [4.69, 9.17) is 0 Å². The molecule has 0 saturated carbocycles. The predicted octanol–water partition coefficient (Wildman–Crippen LogP) is 6.41. The van der Waals surface area contributed by atoms with Gasteiger partial charge in [-0.1, -0.05) is 36.4 Å². The SMILES string of the molecule is CC1=Nc2c(C)cccc2C1=Cc1c(C(F)(F)C(F)(F)C(F)(F)F)[nH]n(-c2ccccc2)c1=O. The van der Waals surface area contributed by atoms with Crippen molar-refractivity contribution in [3.8, 4) is 5.69 Å². The van der Waals surface area contributed by atoms with Gasteiger partial charge in [-0.25, -0.2) is 4.68 Å². The number of allylic oxidation sites excluding steroid dienone is 1. The van der Waals surface area contributed by atoms with Crippen LogP contribution in [-0.4, -0.2) is 27.6 Å². The number of H-pyrrole nitrogens is 1. The molecule has 0 radical (unpaired) electrons. The standard InChI is InChI=1S/C23H16F7N3O/c1-12-7-6-10-15-16(13(2)31-18(12)15)11-17-19(21(24,25)22(26,27)23(28,29)30)32-33(20(17)34)14-8-4-3-5-9-14/h3-11,32H,1-2H3. The normalized spacial score (nSPS) is 15.6. The van der Waals surface area contributed by atoms with Crippen LogP contribution in [0.1, 0.15) is 29.3 Å². The monoisotopic (exact) mass is 483 g/mol. The molecular formula is C23H16F7N3O. The molecule has 0 spiro atoms. The second-order valence-corrected chi connectivity index (χ2v) is 7.75. The molecule has 4 nitrogen and oxygen atoms in total. The maximum absolute atomic E-state index is 14.8. The second-order valence-electron chi connectivity index (χ2n) is 7.75. The smallest absolute Gasteiger partial charge is 0.288 e. The number of fused-ring (bicyclic) bond motifs is 1. The van der Waals surface area contributed by atoms with E-state index in [-0.39, 0.29) is 17.0 Å². The van der Waals surface area contributed by atoms with Gasteiger partial charge in [0.1, 0.15) is 5.69 Å². The molecule has 4 rings (SSSR count). The molecule has 1 aliphatic heterocycles. The van der Waals surface area contributed by atoms with E-state index in [0.29, 0.717) is 15.9 Å². The molecule has 0 atom stereocenters. The van der Waals surface area contributed by atoms with Crippen molar-refractivity contribution >= 4 is 23.0 Å². The second kappa shape index (κ2) is 7.71. The Labute approximate surface area is 188 Å². The number of para-hydroxylation sites is 2. The quantitative estimate of drug-likeness (QED) is 0.429. The van der Waals surface area contributed by atoms with E-state index in [1.165, 1.54) is 31.2 Å². The molecule has 2 aromatic carbocycles. The summed E-state index contributed by atoms with van der Waals surface area (Å²) in [6.45, 7) is 3.25. The first-order valence-corrected chi connectivity index (χ1v) is 9.88. The van der Waals surface area contributed by atoms with Crippen LogP contribution in [0.15, 0.2) is 58.3 Å². The van der Waals surface area contributed by atoms with E-state index in [0.717, 1.165) is 11.6 Å². The zero-order valence-electron chi connectivity index (χ0n) is 17.6. The topological polar surface area (TPSA) is 50.1 Å². The summed E-state index contributed by atoms with van der Waals surface area (Å²) in [5.41, 5.74) is -2.06. The molecule has 2 heterocycles. The number of halogens is 7. The van der Waals surface area contributed by atoms with Crippen molar-refractivity contribution < 1.29 is 30.7 Å². The third kappa shape index (κ3) is 3.46. The molecule has 0 aliphatic carbocycles. The number of hydrogen-bond donors (Lipinski definition) is 1. The maximum atomic E-state index is 14.8. The summed E-state index contributed by atoms with van der Waals surface area (Å²) in [7, 11) is 0. The number of hydrogen-bond acceptors (Lipinski definition) is 2. The number of aromatic nitrogens is 2. The summed E-state index contributed by atoms with van der Waals surface area (Å²) < 4.78 is 96.8. The van der Waals surface area contributed by atoms with Crippen molar-refractivity contribution in [2.45, 2.75) is 31.9 Å². The Bertz CT molecular complexity index is 1380. The molecule has 0 saturated heterocycles. The number of nitrogens with zero attached hydrogens (tertiary/aromatic N) is 2. The third-order valence-corrected chi connectivity index (χ3v) is 5.49. The van der Waals surface area contributed by atoms with Gasteiger partial charge in [0, 0.05) is 16.8 Å². The number of nitrogens with one attached hydrogen (secondary N) is 1. The van der Waals surface area contributed by atoms with Crippen LogP contribution in [0.4, 0.5) is 36.4 Å². The summed E-state index contributed by atoms with van der Waals surface area (Å²) in [6.07, 6.45) is -5.70. The minimum atomic E-state index is -6.57. The highest BCUT2D eigenvalue weighted by atomic mass is 19.4. The zero-order valence-corrected chi connectivity index (χ0v) is 17.6. The fourth-order valence-electron chi connectivity index (χ4n) is 3.69. The van der Waals surface area contributed by atoms with Gasteiger partial charge < -0.3 is 0 Å². The average Bonchev–Trinajstić information content (AvgIpc) is 3.26. The lowest BCUT2D eigenvalue weighted by molar-refractivity contribution is -0.360.